The summed E-state index contributed by atoms with van der Waals surface area (Å²) in [5.74, 6) is -1.01. The number of benzene rings is 2. The van der Waals surface area contributed by atoms with E-state index < -0.39 is 21.7 Å². The standard InChI is InChI=1S/C22H21ClN2O5S/c1-2-30-22(27)15-6-5-7-17(12-15)25-14-20(21(26)24-10-3-4-11-24)31(28,29)19-9-8-16(23)13-18(19)25/h5-9,12-14H,2-4,10-11H2,1H3. The highest BCUT2D eigenvalue weighted by molar-refractivity contribution is 7.96. The average Bonchev–Trinajstić information content (AvgIpc) is 3.28. The van der Waals surface area contributed by atoms with Gasteiger partial charge in [0, 0.05) is 30.0 Å². The maximum atomic E-state index is 13.3. The smallest absolute Gasteiger partial charge is 0.338 e. The topological polar surface area (TPSA) is 84.0 Å². The number of hydrogen-bond donors (Lipinski definition) is 0. The van der Waals surface area contributed by atoms with Crippen molar-refractivity contribution in [2.24, 2.45) is 0 Å². The van der Waals surface area contributed by atoms with E-state index in [0.29, 0.717) is 35.1 Å². The summed E-state index contributed by atoms with van der Waals surface area (Å²) in [6, 6.07) is 11.0. The number of nitrogens with zero attached hydrogens (tertiary/aromatic N) is 2. The van der Waals surface area contributed by atoms with Gasteiger partial charge in [0.05, 0.1) is 22.8 Å². The summed E-state index contributed by atoms with van der Waals surface area (Å²) < 4.78 is 31.7. The van der Waals surface area contributed by atoms with Gasteiger partial charge in [0.25, 0.3) is 5.91 Å². The van der Waals surface area contributed by atoms with Crippen LogP contribution in [0.4, 0.5) is 11.4 Å². The van der Waals surface area contributed by atoms with Crippen LogP contribution in [-0.4, -0.2) is 44.9 Å². The summed E-state index contributed by atoms with van der Waals surface area (Å²) in [5.41, 5.74) is 1.14. The van der Waals surface area contributed by atoms with Gasteiger partial charge >= 0.3 is 5.97 Å². The van der Waals surface area contributed by atoms with E-state index in [1.807, 2.05) is 0 Å². The van der Waals surface area contributed by atoms with Gasteiger partial charge in [-0.2, -0.15) is 0 Å². The first-order chi connectivity index (χ1) is 14.8. The Labute approximate surface area is 185 Å². The molecule has 9 heteroatoms. The van der Waals surface area contributed by atoms with Gasteiger partial charge in [-0.3, -0.25) is 4.79 Å². The summed E-state index contributed by atoms with van der Waals surface area (Å²) in [6.45, 7) is 3.00. The maximum Gasteiger partial charge on any atom is 0.338 e. The zero-order valence-corrected chi connectivity index (χ0v) is 18.4. The fourth-order valence-corrected chi connectivity index (χ4v) is 5.42. The molecule has 7 nitrogen and oxygen atoms in total. The Morgan fingerprint density at radius 1 is 1.10 bits per heavy atom. The molecule has 2 heterocycles. The number of rotatable bonds is 4. The van der Waals surface area contributed by atoms with Crippen LogP contribution in [0.15, 0.2) is 58.5 Å². The zero-order valence-electron chi connectivity index (χ0n) is 16.9. The lowest BCUT2D eigenvalue weighted by Crippen LogP contribution is -2.35. The number of esters is 1. The number of carbonyl (C=O) groups excluding carboxylic acids is 2. The normalized spacial score (nSPS) is 17.2. The second-order valence-corrected chi connectivity index (χ2v) is 9.57. The van der Waals surface area contributed by atoms with Gasteiger partial charge in [-0.05, 0) is 56.2 Å². The van der Waals surface area contributed by atoms with E-state index in [4.69, 9.17) is 16.3 Å². The molecule has 0 aliphatic carbocycles. The van der Waals surface area contributed by atoms with E-state index in [1.165, 1.54) is 24.4 Å². The molecule has 1 saturated heterocycles. The molecule has 0 bridgehead atoms. The number of halogens is 1. The quantitative estimate of drug-likeness (QED) is 0.643. The SMILES string of the molecule is CCOC(=O)c1cccc(N2C=C(C(=O)N3CCCC3)S(=O)(=O)c3ccc(Cl)cc32)c1. The summed E-state index contributed by atoms with van der Waals surface area (Å²) in [5, 5.41) is 0.350. The fraction of sp³-hybridized carbons (Fsp3) is 0.273. The molecule has 2 aliphatic heterocycles. The predicted octanol–water partition coefficient (Wildman–Crippen LogP) is 3.91. The Morgan fingerprint density at radius 3 is 2.55 bits per heavy atom. The van der Waals surface area contributed by atoms with Crippen LogP contribution < -0.4 is 4.90 Å². The molecule has 0 saturated carbocycles. The van der Waals surface area contributed by atoms with Crippen molar-refractivity contribution in [3.05, 3.63) is 64.2 Å². The average molecular weight is 461 g/mol. The first kappa shape index (κ1) is 21.4. The number of amides is 1. The minimum atomic E-state index is -4.03. The second-order valence-electron chi connectivity index (χ2n) is 7.25. The number of likely N-dealkylation sites (tertiary alicyclic amines) is 1. The highest BCUT2D eigenvalue weighted by Crippen LogP contribution is 2.41. The summed E-state index contributed by atoms with van der Waals surface area (Å²) in [6.07, 6.45) is 3.01. The lowest BCUT2D eigenvalue weighted by atomic mass is 10.1. The van der Waals surface area contributed by atoms with Crippen LogP contribution in [0.25, 0.3) is 0 Å². The summed E-state index contributed by atoms with van der Waals surface area (Å²) in [7, 11) is -4.03. The van der Waals surface area contributed by atoms with E-state index in [9.17, 15) is 18.0 Å². The maximum absolute atomic E-state index is 13.3. The van der Waals surface area contributed by atoms with E-state index >= 15 is 0 Å². The molecule has 0 radical (unpaired) electrons. The van der Waals surface area contributed by atoms with Gasteiger partial charge in [-0.1, -0.05) is 17.7 Å². The second kappa shape index (κ2) is 8.36. The van der Waals surface area contributed by atoms with Crippen molar-refractivity contribution in [3.8, 4) is 0 Å². The lowest BCUT2D eigenvalue weighted by molar-refractivity contribution is -0.125. The third kappa shape index (κ3) is 3.93. The van der Waals surface area contributed by atoms with E-state index in [0.717, 1.165) is 12.8 Å². The molecule has 4 rings (SSSR count). The predicted molar refractivity (Wildman–Crippen MR) is 117 cm³/mol. The van der Waals surface area contributed by atoms with Gasteiger partial charge < -0.3 is 14.5 Å². The molecule has 0 unspecified atom stereocenters. The first-order valence-electron chi connectivity index (χ1n) is 9.95. The van der Waals surface area contributed by atoms with Gasteiger partial charge in [-0.25, -0.2) is 13.2 Å². The van der Waals surface area contributed by atoms with Crippen molar-refractivity contribution in [3.63, 3.8) is 0 Å². The Kier molecular flexibility index (Phi) is 5.77. The molecule has 0 spiro atoms. The molecule has 0 aromatic heterocycles. The summed E-state index contributed by atoms with van der Waals surface area (Å²) >= 11 is 6.16. The third-order valence-electron chi connectivity index (χ3n) is 5.25. The van der Waals surface area contributed by atoms with E-state index in [-0.39, 0.29) is 16.4 Å². The van der Waals surface area contributed by atoms with Crippen molar-refractivity contribution >= 4 is 44.7 Å². The molecular weight excluding hydrogens is 440 g/mol. The number of anilines is 2. The van der Waals surface area contributed by atoms with Gasteiger partial charge in [0.15, 0.2) is 4.91 Å². The highest BCUT2D eigenvalue weighted by Gasteiger charge is 2.38. The first-order valence-corrected chi connectivity index (χ1v) is 11.8. The van der Waals surface area contributed by atoms with Crippen LogP contribution in [0.3, 0.4) is 0 Å². The van der Waals surface area contributed by atoms with Gasteiger partial charge in [-0.15, -0.1) is 0 Å². The number of fused-ring (bicyclic) bond motifs is 1. The van der Waals surface area contributed by atoms with Crippen molar-refractivity contribution < 1.29 is 22.7 Å². The van der Waals surface area contributed by atoms with Crippen molar-refractivity contribution in [1.82, 2.24) is 4.90 Å². The van der Waals surface area contributed by atoms with Crippen LogP contribution in [0.2, 0.25) is 5.02 Å². The molecule has 0 atom stereocenters. The Bertz CT molecular complexity index is 1190. The molecule has 1 amide bonds. The number of ether oxygens (including phenoxy) is 1. The monoisotopic (exact) mass is 460 g/mol. The fourth-order valence-electron chi connectivity index (χ4n) is 3.74. The molecule has 2 aliphatic rings. The Morgan fingerprint density at radius 2 is 1.84 bits per heavy atom. The summed E-state index contributed by atoms with van der Waals surface area (Å²) in [4.78, 5) is 28.1. The van der Waals surface area contributed by atoms with E-state index in [2.05, 4.69) is 0 Å². The molecule has 2 aromatic carbocycles. The van der Waals surface area contributed by atoms with Crippen LogP contribution >= 0.6 is 11.6 Å². The molecule has 0 N–H and O–H groups in total. The van der Waals surface area contributed by atoms with Crippen LogP contribution in [-0.2, 0) is 19.4 Å². The molecular formula is C22H21ClN2O5S. The zero-order chi connectivity index (χ0) is 22.2. The minimum absolute atomic E-state index is 0.0107. The number of sulfone groups is 1. The van der Waals surface area contributed by atoms with Crippen molar-refractivity contribution in [1.29, 1.82) is 0 Å². The van der Waals surface area contributed by atoms with Crippen molar-refractivity contribution in [2.75, 3.05) is 24.6 Å². The van der Waals surface area contributed by atoms with Crippen LogP contribution in [0.5, 0.6) is 0 Å². The van der Waals surface area contributed by atoms with Crippen molar-refractivity contribution in [2.45, 2.75) is 24.7 Å². The third-order valence-corrected chi connectivity index (χ3v) is 7.26. The van der Waals surface area contributed by atoms with Gasteiger partial charge in [0.2, 0.25) is 9.84 Å². The number of carbonyl (C=O) groups is 2. The Hall–Kier alpha value is -2.84. The lowest BCUT2D eigenvalue weighted by Gasteiger charge is -2.30. The molecule has 162 valence electrons. The number of hydrogen-bond acceptors (Lipinski definition) is 6. The Balaban J connectivity index is 1.86. The van der Waals surface area contributed by atoms with E-state index in [1.54, 1.807) is 41.0 Å². The highest BCUT2D eigenvalue weighted by atomic mass is 35.5. The minimum Gasteiger partial charge on any atom is -0.462 e. The van der Waals surface area contributed by atoms with Crippen LogP contribution in [0.1, 0.15) is 30.1 Å². The largest absolute Gasteiger partial charge is 0.462 e. The van der Waals surface area contributed by atoms with Crippen LogP contribution in [0, 0.1) is 0 Å². The van der Waals surface area contributed by atoms with Gasteiger partial charge in [0.1, 0.15) is 0 Å². The molecule has 1 fully saturated rings. The molecule has 2 aromatic rings. The molecule has 31 heavy (non-hydrogen) atoms.